The maximum Gasteiger partial charge on any atom is 0.315 e. The van der Waals surface area contributed by atoms with Crippen molar-refractivity contribution in [3.05, 3.63) is 29.8 Å². The Labute approximate surface area is 132 Å². The number of hydrogen-bond acceptors (Lipinski definition) is 3. The maximum absolute atomic E-state index is 11.6. The van der Waals surface area contributed by atoms with Gasteiger partial charge >= 0.3 is 6.03 Å². The highest BCUT2D eigenvalue weighted by Gasteiger charge is 2.34. The molecule has 1 aliphatic rings. The van der Waals surface area contributed by atoms with Crippen molar-refractivity contribution >= 4 is 6.03 Å². The summed E-state index contributed by atoms with van der Waals surface area (Å²) in [6, 6.07) is 7.74. The first-order valence-corrected chi connectivity index (χ1v) is 7.95. The normalized spacial score (nSPS) is 16.0. The summed E-state index contributed by atoms with van der Waals surface area (Å²) in [5, 5.41) is 15.3. The molecule has 5 heteroatoms. The van der Waals surface area contributed by atoms with Gasteiger partial charge in [-0.2, -0.15) is 0 Å². The Hall–Kier alpha value is -1.75. The second-order valence-corrected chi connectivity index (χ2v) is 6.26. The lowest BCUT2D eigenvalue weighted by Gasteiger charge is -2.36. The Kier molecular flexibility index (Phi) is 5.66. The fraction of sp³-hybridized carbons (Fsp3) is 0.588. The number of carbonyl (C=O) groups is 1. The third-order valence-corrected chi connectivity index (χ3v) is 4.07. The van der Waals surface area contributed by atoms with Gasteiger partial charge in [-0.15, -0.1) is 0 Å². The van der Waals surface area contributed by atoms with Gasteiger partial charge in [-0.1, -0.05) is 26.0 Å². The number of urea groups is 1. The largest absolute Gasteiger partial charge is 0.492 e. The monoisotopic (exact) mass is 306 g/mol. The molecule has 1 aromatic rings. The summed E-state index contributed by atoms with van der Waals surface area (Å²) in [6.45, 7) is 5.46. The average Bonchev–Trinajstić information content (AvgIpc) is 2.48. The number of nitrogens with one attached hydrogen (secondary N) is 2. The van der Waals surface area contributed by atoms with Gasteiger partial charge in [-0.3, -0.25) is 0 Å². The zero-order valence-corrected chi connectivity index (χ0v) is 13.4. The van der Waals surface area contributed by atoms with Gasteiger partial charge in [0.2, 0.25) is 0 Å². The standard InChI is InChI=1S/C17H26N2O3/c1-13(2)14-4-6-15(7-5-14)22-11-10-18-16(20)19-12-17(21)8-3-9-17/h4-7,13,21H,3,8-12H2,1-2H3,(H2,18,19,20). The molecular weight excluding hydrogens is 280 g/mol. The van der Waals surface area contributed by atoms with Crippen LogP contribution < -0.4 is 15.4 Å². The van der Waals surface area contributed by atoms with Crippen molar-refractivity contribution in [2.24, 2.45) is 0 Å². The van der Waals surface area contributed by atoms with Gasteiger partial charge in [0, 0.05) is 6.54 Å². The van der Waals surface area contributed by atoms with Crippen molar-refractivity contribution in [1.29, 1.82) is 0 Å². The van der Waals surface area contributed by atoms with Crippen LogP contribution in [0.25, 0.3) is 0 Å². The van der Waals surface area contributed by atoms with E-state index in [-0.39, 0.29) is 6.03 Å². The van der Waals surface area contributed by atoms with E-state index in [4.69, 9.17) is 4.74 Å². The second kappa shape index (κ2) is 7.49. The summed E-state index contributed by atoms with van der Waals surface area (Å²) in [5.41, 5.74) is 0.588. The Morgan fingerprint density at radius 3 is 2.50 bits per heavy atom. The van der Waals surface area contributed by atoms with Gasteiger partial charge in [-0.05, 0) is 42.9 Å². The van der Waals surface area contributed by atoms with Crippen LogP contribution in [0.5, 0.6) is 5.75 Å². The smallest absolute Gasteiger partial charge is 0.315 e. The van der Waals surface area contributed by atoms with Crippen molar-refractivity contribution < 1.29 is 14.6 Å². The Bertz CT molecular complexity index is 481. The Balaban J connectivity index is 1.59. The molecule has 3 N–H and O–H groups in total. The molecule has 0 atom stereocenters. The third kappa shape index (κ3) is 4.91. The van der Waals surface area contributed by atoms with Gasteiger partial charge in [0.1, 0.15) is 12.4 Å². The molecule has 0 saturated heterocycles. The van der Waals surface area contributed by atoms with E-state index in [9.17, 15) is 9.90 Å². The molecule has 1 saturated carbocycles. The van der Waals surface area contributed by atoms with Crippen LogP contribution in [0.15, 0.2) is 24.3 Å². The summed E-state index contributed by atoms with van der Waals surface area (Å²) in [6.07, 6.45) is 2.56. The molecule has 0 aliphatic heterocycles. The maximum atomic E-state index is 11.6. The first-order valence-electron chi connectivity index (χ1n) is 7.95. The van der Waals surface area contributed by atoms with Crippen LogP contribution >= 0.6 is 0 Å². The predicted molar refractivity (Wildman–Crippen MR) is 86.2 cm³/mol. The fourth-order valence-corrected chi connectivity index (χ4v) is 2.35. The number of amides is 2. The molecule has 22 heavy (non-hydrogen) atoms. The lowest BCUT2D eigenvalue weighted by Crippen LogP contribution is -2.50. The van der Waals surface area contributed by atoms with E-state index in [2.05, 4.69) is 36.6 Å². The molecule has 2 amide bonds. The summed E-state index contributed by atoms with van der Waals surface area (Å²) < 4.78 is 5.58. The van der Waals surface area contributed by atoms with Crippen molar-refractivity contribution in [2.75, 3.05) is 19.7 Å². The summed E-state index contributed by atoms with van der Waals surface area (Å²) in [4.78, 5) is 11.6. The van der Waals surface area contributed by atoms with E-state index in [0.29, 0.717) is 25.6 Å². The molecule has 5 nitrogen and oxygen atoms in total. The number of rotatable bonds is 7. The zero-order chi connectivity index (χ0) is 16.0. The topological polar surface area (TPSA) is 70.6 Å². The molecule has 0 bridgehead atoms. The molecule has 122 valence electrons. The molecule has 2 rings (SSSR count). The molecule has 1 aromatic carbocycles. The highest BCUT2D eigenvalue weighted by atomic mass is 16.5. The van der Waals surface area contributed by atoms with Crippen LogP contribution in [0.3, 0.4) is 0 Å². The minimum atomic E-state index is -0.688. The van der Waals surface area contributed by atoms with Gasteiger partial charge < -0.3 is 20.5 Å². The van der Waals surface area contributed by atoms with E-state index in [1.165, 1.54) is 5.56 Å². The highest BCUT2D eigenvalue weighted by molar-refractivity contribution is 5.73. The zero-order valence-electron chi connectivity index (χ0n) is 13.4. The minimum absolute atomic E-state index is 0.265. The SMILES string of the molecule is CC(C)c1ccc(OCCNC(=O)NCC2(O)CCC2)cc1. The highest BCUT2D eigenvalue weighted by Crippen LogP contribution is 2.30. The molecule has 0 unspecified atom stereocenters. The van der Waals surface area contributed by atoms with E-state index >= 15 is 0 Å². The van der Waals surface area contributed by atoms with Crippen molar-refractivity contribution in [3.63, 3.8) is 0 Å². The first-order chi connectivity index (χ1) is 10.5. The quantitative estimate of drug-likeness (QED) is 0.677. The summed E-state index contributed by atoms with van der Waals surface area (Å²) in [5.74, 6) is 1.31. The summed E-state index contributed by atoms with van der Waals surface area (Å²) in [7, 11) is 0. The van der Waals surface area contributed by atoms with E-state index in [1.807, 2.05) is 12.1 Å². The van der Waals surface area contributed by atoms with Gasteiger partial charge in [0.05, 0.1) is 12.1 Å². The number of ether oxygens (including phenoxy) is 1. The van der Waals surface area contributed by atoms with Gasteiger partial charge in [-0.25, -0.2) is 4.79 Å². The molecule has 0 radical (unpaired) electrons. The minimum Gasteiger partial charge on any atom is -0.492 e. The molecular formula is C17H26N2O3. The third-order valence-electron chi connectivity index (χ3n) is 4.07. The predicted octanol–water partition coefficient (Wildman–Crippen LogP) is 2.40. The first kappa shape index (κ1) is 16.6. The Morgan fingerprint density at radius 2 is 1.95 bits per heavy atom. The van der Waals surface area contributed by atoms with E-state index in [1.54, 1.807) is 0 Å². The molecule has 1 aliphatic carbocycles. The van der Waals surface area contributed by atoms with Crippen LogP contribution in [0, 0.1) is 0 Å². The molecule has 0 spiro atoms. The van der Waals surface area contributed by atoms with Crippen molar-refractivity contribution in [2.45, 2.75) is 44.6 Å². The van der Waals surface area contributed by atoms with Crippen LogP contribution in [0.2, 0.25) is 0 Å². The molecule has 0 aromatic heterocycles. The van der Waals surface area contributed by atoms with Crippen molar-refractivity contribution in [3.8, 4) is 5.75 Å². The van der Waals surface area contributed by atoms with Crippen LogP contribution in [-0.2, 0) is 0 Å². The fourth-order valence-electron chi connectivity index (χ4n) is 2.35. The Morgan fingerprint density at radius 1 is 1.27 bits per heavy atom. The molecule has 1 fully saturated rings. The van der Waals surface area contributed by atoms with Crippen LogP contribution in [-0.4, -0.2) is 36.4 Å². The van der Waals surface area contributed by atoms with E-state index in [0.717, 1.165) is 25.0 Å². The molecule has 0 heterocycles. The summed E-state index contributed by atoms with van der Waals surface area (Å²) >= 11 is 0. The van der Waals surface area contributed by atoms with Gasteiger partial charge in [0.25, 0.3) is 0 Å². The van der Waals surface area contributed by atoms with Crippen LogP contribution in [0.1, 0.15) is 44.6 Å². The number of aliphatic hydroxyl groups is 1. The van der Waals surface area contributed by atoms with Crippen molar-refractivity contribution in [1.82, 2.24) is 10.6 Å². The lowest BCUT2D eigenvalue weighted by atomic mass is 9.80. The lowest BCUT2D eigenvalue weighted by molar-refractivity contribution is -0.0290. The number of carbonyl (C=O) groups excluding carboxylic acids is 1. The van der Waals surface area contributed by atoms with Gasteiger partial charge in [0.15, 0.2) is 0 Å². The second-order valence-electron chi connectivity index (χ2n) is 6.26. The van der Waals surface area contributed by atoms with E-state index < -0.39 is 5.60 Å². The number of hydrogen-bond donors (Lipinski definition) is 3. The van der Waals surface area contributed by atoms with Crippen LogP contribution in [0.4, 0.5) is 4.79 Å². The number of benzene rings is 1. The average molecular weight is 306 g/mol.